The van der Waals surface area contributed by atoms with Gasteiger partial charge in [0.05, 0.1) is 33.1 Å². The van der Waals surface area contributed by atoms with E-state index in [2.05, 4.69) is 0 Å². The lowest BCUT2D eigenvalue weighted by atomic mass is 9.99. The largest absolute Gasteiger partial charge is 0.497 e. The van der Waals surface area contributed by atoms with Crippen molar-refractivity contribution in [3.63, 3.8) is 0 Å². The second kappa shape index (κ2) is 9.77. The van der Waals surface area contributed by atoms with Crippen molar-refractivity contribution in [1.29, 1.82) is 0 Å². The summed E-state index contributed by atoms with van der Waals surface area (Å²) in [6.45, 7) is 5.25. The van der Waals surface area contributed by atoms with E-state index in [0.29, 0.717) is 39.6 Å². The third-order valence-electron chi connectivity index (χ3n) is 5.89. The minimum absolute atomic E-state index is 0.102. The smallest absolute Gasteiger partial charge is 0.354 e. The topological polar surface area (TPSA) is 91.0 Å². The maximum absolute atomic E-state index is 13.7. The summed E-state index contributed by atoms with van der Waals surface area (Å²) in [5.41, 5.74) is 2.23. The molecular formula is C25H28N2O6. The summed E-state index contributed by atoms with van der Waals surface area (Å²) in [6.07, 6.45) is 1.52. The normalized spacial score (nSPS) is 11.7. The second-order valence-corrected chi connectivity index (χ2v) is 7.77. The highest BCUT2D eigenvalue weighted by Crippen LogP contribution is 2.26. The zero-order chi connectivity index (χ0) is 24.3. The Morgan fingerprint density at radius 2 is 1.85 bits per heavy atom. The number of rotatable bonds is 8. The number of methoxy groups -OCH3 is 2. The fourth-order valence-corrected chi connectivity index (χ4v) is 3.95. The third-order valence-corrected chi connectivity index (χ3v) is 5.89. The van der Waals surface area contributed by atoms with Crippen LogP contribution in [0.2, 0.25) is 0 Å². The van der Waals surface area contributed by atoms with E-state index in [-0.39, 0.29) is 18.2 Å². The van der Waals surface area contributed by atoms with Crippen LogP contribution in [0.25, 0.3) is 0 Å². The van der Waals surface area contributed by atoms with Crippen molar-refractivity contribution < 1.29 is 28.3 Å². The van der Waals surface area contributed by atoms with E-state index in [1.54, 1.807) is 68.8 Å². The average molecular weight is 453 g/mol. The number of ketones is 1. The molecule has 3 rings (SSSR count). The number of furan rings is 1. The quantitative estimate of drug-likeness (QED) is 0.380. The van der Waals surface area contributed by atoms with Crippen LogP contribution in [0.4, 0.5) is 0 Å². The lowest BCUT2D eigenvalue weighted by Crippen LogP contribution is -2.43. The lowest BCUT2D eigenvalue weighted by Gasteiger charge is -2.28. The Balaban J connectivity index is 2.03. The van der Waals surface area contributed by atoms with Crippen molar-refractivity contribution in [2.75, 3.05) is 14.2 Å². The first-order valence-corrected chi connectivity index (χ1v) is 10.5. The average Bonchev–Trinajstić information content (AvgIpc) is 3.41. The molecule has 8 heteroatoms. The monoisotopic (exact) mass is 452 g/mol. The van der Waals surface area contributed by atoms with E-state index in [1.807, 2.05) is 0 Å². The van der Waals surface area contributed by atoms with Gasteiger partial charge in [-0.05, 0) is 56.7 Å². The van der Waals surface area contributed by atoms with Gasteiger partial charge in [-0.1, -0.05) is 6.07 Å². The first-order chi connectivity index (χ1) is 15.7. The van der Waals surface area contributed by atoms with Gasteiger partial charge < -0.3 is 23.4 Å². The number of amides is 1. The Morgan fingerprint density at radius 1 is 1.12 bits per heavy atom. The van der Waals surface area contributed by atoms with E-state index in [9.17, 15) is 14.4 Å². The molecule has 1 amide bonds. The van der Waals surface area contributed by atoms with Crippen LogP contribution in [0.15, 0.2) is 47.1 Å². The Morgan fingerprint density at radius 3 is 2.45 bits per heavy atom. The highest BCUT2D eigenvalue weighted by Gasteiger charge is 2.33. The molecule has 0 spiro atoms. The minimum Gasteiger partial charge on any atom is -0.497 e. The number of nitrogens with zero attached hydrogens (tertiary/aromatic N) is 2. The highest BCUT2D eigenvalue weighted by molar-refractivity contribution is 6.07. The second-order valence-electron chi connectivity index (χ2n) is 7.77. The van der Waals surface area contributed by atoms with Gasteiger partial charge in [0, 0.05) is 23.9 Å². The number of Topliss-reactive ketones (excluding diaryl/α,β-unsaturated/α-hetero) is 1. The van der Waals surface area contributed by atoms with Crippen LogP contribution in [-0.4, -0.2) is 47.4 Å². The Kier molecular flexibility index (Phi) is 7.06. The fraction of sp³-hybridized carbons (Fsp3) is 0.320. The molecule has 1 atom stereocenters. The molecule has 0 saturated carbocycles. The van der Waals surface area contributed by atoms with Crippen LogP contribution >= 0.6 is 0 Å². The van der Waals surface area contributed by atoms with Crippen molar-refractivity contribution in [3.05, 3.63) is 76.5 Å². The summed E-state index contributed by atoms with van der Waals surface area (Å²) in [6, 6.07) is 9.40. The van der Waals surface area contributed by atoms with Gasteiger partial charge >= 0.3 is 5.97 Å². The molecule has 2 aromatic heterocycles. The molecule has 3 aromatic rings. The molecule has 2 heterocycles. The molecule has 0 bridgehead atoms. The molecule has 0 radical (unpaired) electrons. The first-order valence-electron chi connectivity index (χ1n) is 10.5. The van der Waals surface area contributed by atoms with Gasteiger partial charge in [-0.15, -0.1) is 0 Å². The predicted molar refractivity (Wildman–Crippen MR) is 122 cm³/mol. The van der Waals surface area contributed by atoms with Crippen LogP contribution < -0.4 is 4.74 Å². The van der Waals surface area contributed by atoms with Crippen LogP contribution in [0.5, 0.6) is 5.75 Å². The molecular weight excluding hydrogens is 424 g/mol. The minimum atomic E-state index is -0.834. The standard InChI is InChI=1S/C25H28N2O6/c1-15-21(16(2)26(4)22(15)25(30)32-6)23(28)17(3)27(14-20-11-8-12-33-20)24(29)18-9-7-10-19(13-18)31-5/h7-13,17H,14H2,1-6H3/t17-/m0/s1. The molecule has 0 aliphatic carbocycles. The van der Waals surface area contributed by atoms with Gasteiger partial charge in [-0.2, -0.15) is 0 Å². The lowest BCUT2D eigenvalue weighted by molar-refractivity contribution is 0.0586. The van der Waals surface area contributed by atoms with E-state index in [0.717, 1.165) is 0 Å². The van der Waals surface area contributed by atoms with Crippen LogP contribution in [0, 0.1) is 13.8 Å². The van der Waals surface area contributed by atoms with Gasteiger partial charge in [0.15, 0.2) is 5.78 Å². The highest BCUT2D eigenvalue weighted by atomic mass is 16.5. The number of benzene rings is 1. The zero-order valence-corrected chi connectivity index (χ0v) is 19.7. The Hall–Kier alpha value is -3.81. The molecule has 174 valence electrons. The number of aromatic nitrogens is 1. The van der Waals surface area contributed by atoms with Gasteiger partial charge in [-0.3, -0.25) is 9.59 Å². The van der Waals surface area contributed by atoms with Crippen molar-refractivity contribution in [3.8, 4) is 5.75 Å². The van der Waals surface area contributed by atoms with E-state index >= 15 is 0 Å². The van der Waals surface area contributed by atoms with E-state index < -0.39 is 12.0 Å². The molecule has 0 N–H and O–H groups in total. The maximum Gasteiger partial charge on any atom is 0.354 e. The predicted octanol–water partition coefficient (Wildman–Crippen LogP) is 3.94. The number of ether oxygens (including phenoxy) is 2. The Labute approximate surface area is 192 Å². The summed E-state index contributed by atoms with van der Waals surface area (Å²) < 4.78 is 17.2. The van der Waals surface area contributed by atoms with Gasteiger partial charge in [0.25, 0.3) is 5.91 Å². The number of hydrogen-bond donors (Lipinski definition) is 0. The number of carbonyl (C=O) groups is 3. The summed E-state index contributed by atoms with van der Waals surface area (Å²) in [4.78, 5) is 40.9. The molecule has 0 unspecified atom stereocenters. The van der Waals surface area contributed by atoms with Crippen molar-refractivity contribution >= 4 is 17.7 Å². The van der Waals surface area contributed by atoms with Crippen LogP contribution in [0.3, 0.4) is 0 Å². The molecule has 33 heavy (non-hydrogen) atoms. The molecule has 0 aliphatic heterocycles. The summed E-state index contributed by atoms with van der Waals surface area (Å²) >= 11 is 0. The third kappa shape index (κ3) is 4.55. The van der Waals surface area contributed by atoms with Crippen LogP contribution in [-0.2, 0) is 18.3 Å². The molecule has 0 saturated heterocycles. The van der Waals surface area contributed by atoms with Gasteiger partial charge in [0.1, 0.15) is 17.2 Å². The van der Waals surface area contributed by atoms with Crippen molar-refractivity contribution in [2.45, 2.75) is 33.4 Å². The fourth-order valence-electron chi connectivity index (χ4n) is 3.95. The molecule has 8 nitrogen and oxygen atoms in total. The molecule has 0 fully saturated rings. The number of hydrogen-bond acceptors (Lipinski definition) is 6. The summed E-state index contributed by atoms with van der Waals surface area (Å²) in [7, 11) is 4.53. The summed E-state index contributed by atoms with van der Waals surface area (Å²) in [5, 5.41) is 0. The maximum atomic E-state index is 13.7. The molecule has 1 aromatic carbocycles. The Bertz CT molecular complexity index is 1180. The summed E-state index contributed by atoms with van der Waals surface area (Å²) in [5.74, 6) is -0.0632. The zero-order valence-electron chi connectivity index (χ0n) is 19.7. The molecule has 0 aliphatic rings. The van der Waals surface area contributed by atoms with Gasteiger partial charge in [0.2, 0.25) is 0 Å². The van der Waals surface area contributed by atoms with Gasteiger partial charge in [-0.25, -0.2) is 4.79 Å². The van der Waals surface area contributed by atoms with E-state index in [1.165, 1.54) is 25.4 Å². The number of esters is 1. The van der Waals surface area contributed by atoms with E-state index in [4.69, 9.17) is 13.9 Å². The van der Waals surface area contributed by atoms with Crippen molar-refractivity contribution in [1.82, 2.24) is 9.47 Å². The van der Waals surface area contributed by atoms with Crippen molar-refractivity contribution in [2.24, 2.45) is 7.05 Å². The SMILES string of the molecule is COC(=O)c1c(C)c(C(=O)[C@H](C)N(Cc2ccco2)C(=O)c2cccc(OC)c2)c(C)n1C. The number of carbonyl (C=O) groups excluding carboxylic acids is 3. The first kappa shape index (κ1) is 23.8. The van der Waals surface area contributed by atoms with Crippen LogP contribution in [0.1, 0.15) is 55.1 Å².